The third-order valence-electron chi connectivity index (χ3n) is 2.35. The summed E-state index contributed by atoms with van der Waals surface area (Å²) < 4.78 is 10.4. The minimum atomic E-state index is 0.525. The van der Waals surface area contributed by atoms with Crippen LogP contribution in [0, 0.1) is 0 Å². The summed E-state index contributed by atoms with van der Waals surface area (Å²) in [5, 5.41) is 0. The Morgan fingerprint density at radius 3 is 3.06 bits per heavy atom. The van der Waals surface area contributed by atoms with Crippen molar-refractivity contribution in [3.8, 4) is 5.75 Å². The molecule has 0 aliphatic heterocycles. The highest BCUT2D eigenvalue weighted by molar-refractivity contribution is 7.90. The summed E-state index contributed by atoms with van der Waals surface area (Å²) in [5.74, 6) is 7.13. The first-order valence-electron chi connectivity index (χ1n) is 5.27. The Morgan fingerprint density at radius 2 is 2.44 bits per heavy atom. The summed E-state index contributed by atoms with van der Waals surface area (Å²) in [6.45, 7) is 2.49. The molecule has 1 aromatic heterocycles. The Kier molecular flexibility index (Phi) is 3.87. The lowest BCUT2D eigenvalue weighted by Crippen LogP contribution is -2.10. The molecule has 0 bridgehead atoms. The number of nitrogens with zero attached hydrogens (tertiary/aromatic N) is 1. The summed E-state index contributed by atoms with van der Waals surface area (Å²) in [4.78, 5) is 4.21. The van der Waals surface area contributed by atoms with E-state index < -0.39 is 0 Å². The molecule has 0 unspecified atom stereocenters. The Balaban J connectivity index is 2.08. The minimum absolute atomic E-state index is 0.525. The summed E-state index contributed by atoms with van der Waals surface area (Å²) in [7, 11) is 0. The highest BCUT2D eigenvalue weighted by Crippen LogP contribution is 2.42. The molecule has 0 atom stereocenters. The van der Waals surface area contributed by atoms with Crippen molar-refractivity contribution in [1.82, 2.24) is 4.98 Å². The summed E-state index contributed by atoms with van der Waals surface area (Å²) in [6, 6.07) is 1.96. The van der Waals surface area contributed by atoms with Gasteiger partial charge in [-0.1, -0.05) is 0 Å². The third kappa shape index (κ3) is 2.78. The molecule has 0 spiro atoms. The Labute approximate surface area is 99.1 Å². The number of pyridine rings is 1. The van der Waals surface area contributed by atoms with E-state index in [1.165, 1.54) is 18.4 Å². The third-order valence-corrected chi connectivity index (χ3v) is 2.93. The topological polar surface area (TPSA) is 69.4 Å². The van der Waals surface area contributed by atoms with Crippen LogP contribution in [-0.4, -0.2) is 11.6 Å². The predicted octanol–water partition coefficient (Wildman–Crippen LogP) is 2.22. The van der Waals surface area contributed by atoms with E-state index in [9.17, 15) is 0 Å². The molecule has 1 fully saturated rings. The van der Waals surface area contributed by atoms with Gasteiger partial charge in [-0.2, -0.15) is 0 Å². The minimum Gasteiger partial charge on any atom is -0.396 e. The lowest BCUT2D eigenvalue weighted by atomic mass is 10.2. The number of nitrogens with two attached hydrogens (primary N) is 1. The van der Waals surface area contributed by atoms with Crippen LogP contribution in [-0.2, 0) is 4.18 Å². The molecular formula is C10H15N3O2S. The summed E-state index contributed by atoms with van der Waals surface area (Å²) in [5.41, 5.74) is 3.70. The van der Waals surface area contributed by atoms with Gasteiger partial charge in [0.25, 0.3) is 0 Å². The van der Waals surface area contributed by atoms with Gasteiger partial charge in [-0.3, -0.25) is 4.18 Å². The first-order valence-corrected chi connectivity index (χ1v) is 5.94. The molecule has 1 heterocycles. The Morgan fingerprint density at radius 1 is 1.62 bits per heavy atom. The number of anilines is 1. The van der Waals surface area contributed by atoms with Gasteiger partial charge >= 0.3 is 0 Å². The smallest absolute Gasteiger partial charge is 0.225 e. The molecule has 88 valence electrons. The van der Waals surface area contributed by atoms with Crippen molar-refractivity contribution >= 4 is 18.1 Å². The number of hydrogen-bond acceptors (Lipinski definition) is 6. The zero-order valence-electron chi connectivity index (χ0n) is 9.10. The number of nitrogen functional groups attached to an aromatic ring is 1. The molecular weight excluding hydrogens is 226 g/mol. The van der Waals surface area contributed by atoms with Crippen LogP contribution >= 0.6 is 12.3 Å². The Hall–Kier alpha value is -0.980. The molecule has 1 aromatic rings. The van der Waals surface area contributed by atoms with Gasteiger partial charge in [0.05, 0.1) is 6.61 Å². The summed E-state index contributed by atoms with van der Waals surface area (Å²) in [6.07, 6.45) is 4.30. The molecule has 0 amide bonds. The first kappa shape index (κ1) is 11.5. The fourth-order valence-corrected chi connectivity index (χ4v) is 1.73. The van der Waals surface area contributed by atoms with Crippen molar-refractivity contribution in [1.29, 1.82) is 0 Å². The van der Waals surface area contributed by atoms with Gasteiger partial charge in [0, 0.05) is 6.20 Å². The van der Waals surface area contributed by atoms with Crippen LogP contribution in [0.25, 0.3) is 0 Å². The molecule has 2 rings (SSSR count). The number of hydrazine groups is 1. The second-order valence-corrected chi connectivity index (χ2v) is 4.13. The summed E-state index contributed by atoms with van der Waals surface area (Å²) >= 11 is 0.941. The fourth-order valence-electron chi connectivity index (χ4n) is 1.38. The molecule has 16 heavy (non-hydrogen) atoms. The first-order chi connectivity index (χ1) is 7.85. The van der Waals surface area contributed by atoms with Crippen LogP contribution in [0.3, 0.4) is 0 Å². The van der Waals surface area contributed by atoms with E-state index in [4.69, 9.17) is 14.2 Å². The molecule has 1 aliphatic carbocycles. The van der Waals surface area contributed by atoms with Crippen LogP contribution in [0.2, 0.25) is 0 Å². The SMILES string of the molecule is CCOSOc1cc(C2CC2)cnc1NN. The normalized spacial score (nSPS) is 14.9. The van der Waals surface area contributed by atoms with Crippen LogP contribution in [0.1, 0.15) is 31.2 Å². The average Bonchev–Trinajstić information content (AvgIpc) is 3.13. The quantitative estimate of drug-likeness (QED) is 0.344. The van der Waals surface area contributed by atoms with E-state index >= 15 is 0 Å². The molecule has 0 aromatic carbocycles. The van der Waals surface area contributed by atoms with Crippen molar-refractivity contribution in [2.75, 3.05) is 12.0 Å². The van der Waals surface area contributed by atoms with Crippen molar-refractivity contribution in [3.63, 3.8) is 0 Å². The van der Waals surface area contributed by atoms with Crippen LogP contribution in [0.5, 0.6) is 5.75 Å². The Bertz CT molecular complexity index is 358. The number of hydrogen-bond donors (Lipinski definition) is 2. The number of nitrogens with one attached hydrogen (secondary N) is 1. The molecule has 6 heteroatoms. The second kappa shape index (κ2) is 5.38. The van der Waals surface area contributed by atoms with Crippen molar-refractivity contribution in [2.24, 2.45) is 5.84 Å². The van der Waals surface area contributed by atoms with Gasteiger partial charge in [0.1, 0.15) is 0 Å². The van der Waals surface area contributed by atoms with Crippen molar-refractivity contribution in [3.05, 3.63) is 17.8 Å². The van der Waals surface area contributed by atoms with Gasteiger partial charge in [0.15, 0.2) is 11.6 Å². The van der Waals surface area contributed by atoms with E-state index in [1.807, 2.05) is 19.2 Å². The zero-order chi connectivity index (χ0) is 11.4. The van der Waals surface area contributed by atoms with Gasteiger partial charge in [-0.25, -0.2) is 10.8 Å². The van der Waals surface area contributed by atoms with E-state index in [1.54, 1.807) is 0 Å². The largest absolute Gasteiger partial charge is 0.396 e. The van der Waals surface area contributed by atoms with Crippen LogP contribution in [0.4, 0.5) is 5.82 Å². The van der Waals surface area contributed by atoms with Gasteiger partial charge in [0.2, 0.25) is 12.3 Å². The second-order valence-electron chi connectivity index (χ2n) is 3.59. The molecule has 3 N–H and O–H groups in total. The van der Waals surface area contributed by atoms with Gasteiger partial charge in [-0.05, 0) is 37.3 Å². The molecule has 1 aliphatic rings. The van der Waals surface area contributed by atoms with Gasteiger partial charge in [-0.15, -0.1) is 0 Å². The molecule has 5 nitrogen and oxygen atoms in total. The number of aromatic nitrogens is 1. The average molecular weight is 241 g/mol. The maximum Gasteiger partial charge on any atom is 0.225 e. The van der Waals surface area contributed by atoms with E-state index in [2.05, 4.69) is 10.4 Å². The van der Waals surface area contributed by atoms with E-state index in [0.29, 0.717) is 24.1 Å². The highest BCUT2D eigenvalue weighted by Gasteiger charge is 2.25. The fraction of sp³-hybridized carbons (Fsp3) is 0.500. The van der Waals surface area contributed by atoms with E-state index in [0.717, 1.165) is 12.3 Å². The lowest BCUT2D eigenvalue weighted by molar-refractivity contribution is 0.369. The lowest BCUT2D eigenvalue weighted by Gasteiger charge is -2.09. The standard InChI is InChI=1S/C10H15N3O2S/c1-2-14-16-15-9-5-8(7-3-4-7)6-12-10(9)13-11/h5-7H,2-4,11H2,1H3,(H,12,13). The maximum absolute atomic E-state index is 5.38. The molecule has 1 saturated carbocycles. The van der Waals surface area contributed by atoms with E-state index in [-0.39, 0.29) is 0 Å². The van der Waals surface area contributed by atoms with Crippen molar-refractivity contribution in [2.45, 2.75) is 25.7 Å². The zero-order valence-corrected chi connectivity index (χ0v) is 9.92. The van der Waals surface area contributed by atoms with Crippen LogP contribution < -0.4 is 15.5 Å². The predicted molar refractivity (Wildman–Crippen MR) is 63.9 cm³/mol. The maximum atomic E-state index is 5.38. The van der Waals surface area contributed by atoms with Crippen LogP contribution in [0.15, 0.2) is 12.3 Å². The van der Waals surface area contributed by atoms with Crippen molar-refractivity contribution < 1.29 is 8.37 Å². The molecule has 0 saturated heterocycles. The highest BCUT2D eigenvalue weighted by atomic mass is 32.2. The monoisotopic (exact) mass is 241 g/mol. The number of rotatable bonds is 6. The molecule has 0 radical (unpaired) electrons. The van der Waals surface area contributed by atoms with Gasteiger partial charge < -0.3 is 9.61 Å².